The van der Waals surface area contributed by atoms with Gasteiger partial charge in [0, 0.05) is 5.57 Å². The Morgan fingerprint density at radius 1 is 1.09 bits per heavy atom. The van der Waals surface area contributed by atoms with Gasteiger partial charge in [-0.25, -0.2) is 0 Å². The Morgan fingerprint density at radius 2 is 1.61 bits per heavy atom. The van der Waals surface area contributed by atoms with E-state index in [0.29, 0.717) is 0 Å². The maximum absolute atomic E-state index is 11.9. The number of allylic oxidation sites excluding steroid dienone is 5. The van der Waals surface area contributed by atoms with Crippen molar-refractivity contribution in [3.05, 3.63) is 35.1 Å². The number of hydrogen-bond acceptors (Lipinski definition) is 7. The van der Waals surface area contributed by atoms with E-state index in [1.54, 1.807) is 13.0 Å². The van der Waals surface area contributed by atoms with Gasteiger partial charge in [0.05, 0.1) is 24.9 Å². The SMILES string of the molecule is C\C=C(C#N)/C=C/C(C#N)=C(\O)C(C(=O)OCC)C(=O)OCC. The molecule has 0 heterocycles. The highest BCUT2D eigenvalue weighted by molar-refractivity contribution is 5.98. The molecule has 0 fully saturated rings. The van der Waals surface area contributed by atoms with Gasteiger partial charge < -0.3 is 14.6 Å². The summed E-state index contributed by atoms with van der Waals surface area (Å²) >= 11 is 0. The minimum atomic E-state index is -1.75. The zero-order valence-corrected chi connectivity index (χ0v) is 13.2. The lowest BCUT2D eigenvalue weighted by molar-refractivity contribution is -0.160. The Balaban J connectivity index is 5.81. The molecule has 0 saturated heterocycles. The van der Waals surface area contributed by atoms with Gasteiger partial charge in [-0.1, -0.05) is 6.08 Å². The molecular formula is C16H18N2O5. The van der Waals surface area contributed by atoms with Gasteiger partial charge in [0.15, 0.2) is 0 Å². The van der Waals surface area contributed by atoms with Crippen molar-refractivity contribution in [2.75, 3.05) is 13.2 Å². The van der Waals surface area contributed by atoms with Crippen LogP contribution < -0.4 is 0 Å². The molecule has 7 heteroatoms. The molecule has 0 aromatic rings. The van der Waals surface area contributed by atoms with Crippen LogP contribution >= 0.6 is 0 Å². The zero-order valence-electron chi connectivity index (χ0n) is 13.2. The quantitative estimate of drug-likeness (QED) is 0.251. The van der Waals surface area contributed by atoms with Crippen LogP contribution in [0.15, 0.2) is 35.1 Å². The fourth-order valence-electron chi connectivity index (χ4n) is 1.48. The Kier molecular flexibility index (Phi) is 9.22. The smallest absolute Gasteiger partial charge is 0.328 e. The molecule has 0 unspecified atom stereocenters. The Morgan fingerprint density at radius 3 is 1.96 bits per heavy atom. The topological polar surface area (TPSA) is 120 Å². The number of carbonyl (C=O) groups is 2. The summed E-state index contributed by atoms with van der Waals surface area (Å²) in [5.41, 5.74) is -0.0972. The normalized spacial score (nSPS) is 12.3. The standard InChI is InChI=1S/C16H18N2O5/c1-4-11(9-17)7-8-12(10-18)14(19)13(15(20)22-5-2)16(21)23-6-3/h4,7-8,13,19H,5-6H2,1-3H3/b8-7+,11-4+,14-12+. The van der Waals surface area contributed by atoms with E-state index in [0.717, 1.165) is 6.08 Å². The summed E-state index contributed by atoms with van der Waals surface area (Å²) in [6.45, 7) is 4.70. The molecule has 0 aliphatic carbocycles. The molecule has 0 bridgehead atoms. The molecule has 122 valence electrons. The van der Waals surface area contributed by atoms with Gasteiger partial charge in [0.1, 0.15) is 11.8 Å². The molecule has 7 nitrogen and oxygen atoms in total. The van der Waals surface area contributed by atoms with E-state index in [-0.39, 0.29) is 24.4 Å². The van der Waals surface area contributed by atoms with E-state index in [2.05, 4.69) is 0 Å². The van der Waals surface area contributed by atoms with Crippen molar-refractivity contribution >= 4 is 11.9 Å². The monoisotopic (exact) mass is 318 g/mol. The van der Waals surface area contributed by atoms with E-state index in [1.165, 1.54) is 26.0 Å². The number of hydrogen-bond donors (Lipinski definition) is 1. The average Bonchev–Trinajstić information content (AvgIpc) is 2.52. The first-order valence-electron chi connectivity index (χ1n) is 6.87. The number of aliphatic hydroxyl groups is 1. The summed E-state index contributed by atoms with van der Waals surface area (Å²) in [4.78, 5) is 23.7. The van der Waals surface area contributed by atoms with Gasteiger partial charge in [0.25, 0.3) is 0 Å². The van der Waals surface area contributed by atoms with Crippen molar-refractivity contribution < 1.29 is 24.2 Å². The summed E-state index contributed by atoms with van der Waals surface area (Å²) < 4.78 is 9.45. The van der Waals surface area contributed by atoms with Crippen LogP contribution in [0.2, 0.25) is 0 Å². The molecule has 0 aromatic heterocycles. The Hall–Kier alpha value is -3.06. The van der Waals surface area contributed by atoms with E-state index in [1.807, 2.05) is 6.07 Å². The van der Waals surface area contributed by atoms with Gasteiger partial charge in [0.2, 0.25) is 5.92 Å². The molecule has 0 rings (SSSR count). The first-order chi connectivity index (χ1) is 11.0. The number of aliphatic hydroxyl groups excluding tert-OH is 1. The van der Waals surface area contributed by atoms with Gasteiger partial charge in [-0.2, -0.15) is 10.5 Å². The molecule has 0 atom stereocenters. The maximum Gasteiger partial charge on any atom is 0.328 e. The highest BCUT2D eigenvalue weighted by Crippen LogP contribution is 2.18. The van der Waals surface area contributed by atoms with Crippen molar-refractivity contribution in [2.24, 2.45) is 5.92 Å². The minimum Gasteiger partial charge on any atom is -0.509 e. The highest BCUT2D eigenvalue weighted by atomic mass is 16.6. The highest BCUT2D eigenvalue weighted by Gasteiger charge is 2.35. The third-order valence-electron chi connectivity index (χ3n) is 2.58. The van der Waals surface area contributed by atoms with Gasteiger partial charge in [-0.05, 0) is 32.9 Å². The number of esters is 2. The number of ether oxygens (including phenoxy) is 2. The molecular weight excluding hydrogens is 300 g/mol. The van der Waals surface area contributed by atoms with Crippen molar-refractivity contribution in [1.82, 2.24) is 0 Å². The fraction of sp³-hybridized carbons (Fsp3) is 0.375. The maximum atomic E-state index is 11.9. The van der Waals surface area contributed by atoms with E-state index >= 15 is 0 Å². The Bertz CT molecular complexity index is 599. The van der Waals surface area contributed by atoms with Crippen molar-refractivity contribution in [2.45, 2.75) is 20.8 Å². The molecule has 0 saturated carbocycles. The van der Waals surface area contributed by atoms with Gasteiger partial charge >= 0.3 is 11.9 Å². The lowest BCUT2D eigenvalue weighted by Gasteiger charge is -2.14. The van der Waals surface area contributed by atoms with Gasteiger partial charge in [-0.3, -0.25) is 9.59 Å². The molecule has 0 aromatic carbocycles. The van der Waals surface area contributed by atoms with E-state index in [4.69, 9.17) is 20.0 Å². The summed E-state index contributed by atoms with van der Waals surface area (Å²) in [5.74, 6) is -4.56. The largest absolute Gasteiger partial charge is 0.509 e. The summed E-state index contributed by atoms with van der Waals surface area (Å²) in [5, 5.41) is 28.0. The lowest BCUT2D eigenvalue weighted by atomic mass is 10.0. The second-order valence-electron chi connectivity index (χ2n) is 4.04. The van der Waals surface area contributed by atoms with Crippen LogP contribution in [0.25, 0.3) is 0 Å². The molecule has 23 heavy (non-hydrogen) atoms. The van der Waals surface area contributed by atoms with Crippen LogP contribution in [-0.4, -0.2) is 30.3 Å². The van der Waals surface area contributed by atoms with Crippen LogP contribution in [-0.2, 0) is 19.1 Å². The van der Waals surface area contributed by atoms with Crippen LogP contribution in [0.5, 0.6) is 0 Å². The first kappa shape index (κ1) is 19.9. The number of carbonyl (C=O) groups excluding carboxylic acids is 2. The fourth-order valence-corrected chi connectivity index (χ4v) is 1.48. The van der Waals surface area contributed by atoms with E-state index < -0.39 is 23.6 Å². The Labute approximate surface area is 134 Å². The summed E-state index contributed by atoms with van der Waals surface area (Å²) in [6, 6.07) is 3.53. The molecule has 1 N–H and O–H groups in total. The van der Waals surface area contributed by atoms with Crippen molar-refractivity contribution in [1.29, 1.82) is 10.5 Å². The predicted octanol–water partition coefficient (Wildman–Crippen LogP) is 2.09. The van der Waals surface area contributed by atoms with Crippen molar-refractivity contribution in [3.8, 4) is 12.1 Å². The molecule has 0 amide bonds. The molecule has 0 spiro atoms. The third-order valence-corrected chi connectivity index (χ3v) is 2.58. The van der Waals surface area contributed by atoms with Crippen LogP contribution in [0.3, 0.4) is 0 Å². The van der Waals surface area contributed by atoms with E-state index in [9.17, 15) is 14.7 Å². The van der Waals surface area contributed by atoms with Crippen LogP contribution in [0, 0.1) is 28.6 Å². The third kappa shape index (κ3) is 6.06. The number of nitriles is 2. The number of nitrogens with zero attached hydrogens (tertiary/aromatic N) is 2. The predicted molar refractivity (Wildman–Crippen MR) is 80.5 cm³/mol. The molecule has 0 radical (unpaired) electrons. The first-order valence-corrected chi connectivity index (χ1v) is 6.87. The zero-order chi connectivity index (χ0) is 17.8. The summed E-state index contributed by atoms with van der Waals surface area (Å²) in [6.07, 6.45) is 3.91. The average molecular weight is 318 g/mol. The molecule has 0 aliphatic heterocycles. The second kappa shape index (κ2) is 10.6. The van der Waals surface area contributed by atoms with Gasteiger partial charge in [-0.15, -0.1) is 0 Å². The summed E-state index contributed by atoms with van der Waals surface area (Å²) in [7, 11) is 0. The van der Waals surface area contributed by atoms with Crippen molar-refractivity contribution in [3.63, 3.8) is 0 Å². The molecule has 0 aliphatic rings. The minimum absolute atomic E-state index is 0.00308. The number of rotatable bonds is 7. The van der Waals surface area contributed by atoms with Crippen LogP contribution in [0.4, 0.5) is 0 Å². The second-order valence-corrected chi connectivity index (χ2v) is 4.04. The lowest BCUT2D eigenvalue weighted by Crippen LogP contribution is -2.30. The van der Waals surface area contributed by atoms with Crippen LogP contribution in [0.1, 0.15) is 20.8 Å².